The van der Waals surface area contributed by atoms with Crippen LogP contribution in [0.15, 0.2) is 53.0 Å². The first-order valence-electron chi connectivity index (χ1n) is 11.6. The lowest BCUT2D eigenvalue weighted by Crippen LogP contribution is -2.52. The van der Waals surface area contributed by atoms with Gasteiger partial charge in [-0.2, -0.15) is 0 Å². The Hall–Kier alpha value is -2.10. The Bertz CT molecular complexity index is 1120. The molecule has 0 heterocycles. The molecule has 0 unspecified atom stereocenters. The molecular formula is C25H31BrClN3O4S. The summed E-state index contributed by atoms with van der Waals surface area (Å²) in [5.41, 5.74) is 1.16. The molecule has 2 aromatic carbocycles. The number of halogens is 2. The first kappa shape index (κ1) is 27.5. The monoisotopic (exact) mass is 583 g/mol. The summed E-state index contributed by atoms with van der Waals surface area (Å²) in [6.07, 6.45) is 6.22. The van der Waals surface area contributed by atoms with E-state index in [1.54, 1.807) is 31.2 Å². The molecule has 0 radical (unpaired) electrons. The van der Waals surface area contributed by atoms with E-state index in [0.717, 1.165) is 46.3 Å². The van der Waals surface area contributed by atoms with Crippen molar-refractivity contribution in [3.63, 3.8) is 0 Å². The van der Waals surface area contributed by atoms with E-state index in [4.69, 9.17) is 11.6 Å². The summed E-state index contributed by atoms with van der Waals surface area (Å²) >= 11 is 9.36. The highest BCUT2D eigenvalue weighted by atomic mass is 79.9. The van der Waals surface area contributed by atoms with Crippen LogP contribution in [0.2, 0.25) is 5.02 Å². The van der Waals surface area contributed by atoms with Gasteiger partial charge in [0.15, 0.2) is 0 Å². The minimum absolute atomic E-state index is 0.102. The Balaban J connectivity index is 1.85. The van der Waals surface area contributed by atoms with Gasteiger partial charge in [0.05, 0.1) is 11.9 Å². The smallest absolute Gasteiger partial charge is 0.244 e. The van der Waals surface area contributed by atoms with Crippen LogP contribution in [0, 0.1) is 0 Å². The zero-order valence-electron chi connectivity index (χ0n) is 19.9. The third-order valence-corrected chi connectivity index (χ3v) is 8.10. The number of benzene rings is 2. The maximum Gasteiger partial charge on any atom is 0.244 e. The van der Waals surface area contributed by atoms with Gasteiger partial charge >= 0.3 is 0 Å². The van der Waals surface area contributed by atoms with Crippen LogP contribution < -0.4 is 9.62 Å². The molecule has 1 N–H and O–H groups in total. The van der Waals surface area contributed by atoms with Crippen molar-refractivity contribution in [2.24, 2.45) is 0 Å². The van der Waals surface area contributed by atoms with E-state index in [1.807, 2.05) is 24.3 Å². The van der Waals surface area contributed by atoms with Gasteiger partial charge in [0, 0.05) is 22.1 Å². The quantitative estimate of drug-likeness (QED) is 0.462. The predicted octanol–water partition coefficient (Wildman–Crippen LogP) is 4.73. The van der Waals surface area contributed by atoms with Gasteiger partial charge in [0.2, 0.25) is 21.8 Å². The minimum atomic E-state index is -3.77. The highest BCUT2D eigenvalue weighted by molar-refractivity contribution is 9.10. The van der Waals surface area contributed by atoms with Crippen molar-refractivity contribution in [1.29, 1.82) is 0 Å². The first-order valence-corrected chi connectivity index (χ1v) is 14.6. The third kappa shape index (κ3) is 7.95. The first-order chi connectivity index (χ1) is 16.5. The van der Waals surface area contributed by atoms with Crippen LogP contribution in [0.25, 0.3) is 0 Å². The number of carbonyl (C=O) groups excluding carboxylic acids is 2. The van der Waals surface area contributed by atoms with E-state index in [0.29, 0.717) is 10.7 Å². The van der Waals surface area contributed by atoms with Crippen molar-refractivity contribution in [2.75, 3.05) is 17.1 Å². The largest absolute Gasteiger partial charge is 0.352 e. The molecule has 3 rings (SSSR count). The highest BCUT2D eigenvalue weighted by Gasteiger charge is 2.31. The second-order valence-corrected chi connectivity index (χ2v) is 12.2. The highest BCUT2D eigenvalue weighted by Crippen LogP contribution is 2.22. The number of hydrogen-bond donors (Lipinski definition) is 1. The molecule has 1 fully saturated rings. The standard InChI is InChI=1S/C25H31BrClN3O4S/c1-18(25(32)28-22-6-4-3-5-7-22)29(16-19-8-10-20(26)11-9-19)24(31)17-30(35(2,33)34)23-14-12-21(27)13-15-23/h8-15,18,22H,3-7,16-17H2,1-2H3,(H,28,32)/t18-/m0/s1. The van der Waals surface area contributed by atoms with Crippen molar-refractivity contribution in [3.8, 4) is 0 Å². The molecule has 10 heteroatoms. The minimum Gasteiger partial charge on any atom is -0.352 e. The topological polar surface area (TPSA) is 86.8 Å². The van der Waals surface area contributed by atoms with Gasteiger partial charge in [-0.15, -0.1) is 0 Å². The summed E-state index contributed by atoms with van der Waals surface area (Å²) in [6, 6.07) is 13.0. The van der Waals surface area contributed by atoms with E-state index in [1.165, 1.54) is 11.3 Å². The second kappa shape index (κ2) is 12.2. The molecule has 0 spiro atoms. The van der Waals surface area contributed by atoms with Crippen LogP contribution in [-0.4, -0.2) is 50.0 Å². The van der Waals surface area contributed by atoms with Gasteiger partial charge < -0.3 is 10.2 Å². The number of sulfonamides is 1. The molecule has 0 saturated heterocycles. The lowest BCUT2D eigenvalue weighted by molar-refractivity contribution is -0.139. The molecule has 0 aliphatic heterocycles. The molecule has 0 aromatic heterocycles. The van der Waals surface area contributed by atoms with Crippen molar-refractivity contribution in [3.05, 3.63) is 63.6 Å². The normalized spacial score (nSPS) is 15.3. The van der Waals surface area contributed by atoms with Gasteiger partial charge in [-0.25, -0.2) is 8.42 Å². The summed E-state index contributed by atoms with van der Waals surface area (Å²) in [7, 11) is -3.77. The Morgan fingerprint density at radius 3 is 2.23 bits per heavy atom. The molecule has 190 valence electrons. The summed E-state index contributed by atoms with van der Waals surface area (Å²) < 4.78 is 27.1. The lowest BCUT2D eigenvalue weighted by atomic mass is 9.95. The van der Waals surface area contributed by atoms with E-state index in [-0.39, 0.29) is 18.5 Å². The molecule has 1 aliphatic rings. The Morgan fingerprint density at radius 2 is 1.66 bits per heavy atom. The average Bonchev–Trinajstić information content (AvgIpc) is 2.82. The number of nitrogens with one attached hydrogen (secondary N) is 1. The van der Waals surface area contributed by atoms with Crippen LogP contribution in [0.5, 0.6) is 0 Å². The lowest BCUT2D eigenvalue weighted by Gasteiger charge is -2.33. The maximum atomic E-state index is 13.6. The molecule has 0 bridgehead atoms. The fraction of sp³-hybridized carbons (Fsp3) is 0.440. The Labute approximate surface area is 221 Å². The van der Waals surface area contributed by atoms with Crippen molar-refractivity contribution < 1.29 is 18.0 Å². The Kier molecular flexibility index (Phi) is 9.61. The van der Waals surface area contributed by atoms with Gasteiger partial charge in [-0.1, -0.05) is 58.9 Å². The van der Waals surface area contributed by atoms with E-state index < -0.39 is 28.5 Å². The molecule has 2 amide bonds. The summed E-state index contributed by atoms with van der Waals surface area (Å²) in [5.74, 6) is -0.709. The van der Waals surface area contributed by atoms with Crippen LogP contribution in [0.3, 0.4) is 0 Å². The fourth-order valence-corrected chi connectivity index (χ4v) is 5.40. The zero-order chi connectivity index (χ0) is 25.6. The van der Waals surface area contributed by atoms with E-state index in [2.05, 4.69) is 21.2 Å². The number of nitrogens with zero attached hydrogens (tertiary/aromatic N) is 2. The number of anilines is 1. The fourth-order valence-electron chi connectivity index (χ4n) is 4.16. The van der Waals surface area contributed by atoms with E-state index >= 15 is 0 Å². The summed E-state index contributed by atoms with van der Waals surface area (Å²) in [5, 5.41) is 3.54. The average molecular weight is 585 g/mol. The van der Waals surface area contributed by atoms with Crippen molar-refractivity contribution in [1.82, 2.24) is 10.2 Å². The second-order valence-electron chi connectivity index (χ2n) is 8.91. The van der Waals surface area contributed by atoms with E-state index in [9.17, 15) is 18.0 Å². The SMILES string of the molecule is C[C@@H](C(=O)NC1CCCCC1)N(Cc1ccc(Br)cc1)C(=O)CN(c1ccc(Cl)cc1)S(C)(=O)=O. The molecule has 7 nitrogen and oxygen atoms in total. The molecule has 2 aromatic rings. The predicted molar refractivity (Wildman–Crippen MR) is 143 cm³/mol. The molecular weight excluding hydrogens is 554 g/mol. The molecule has 35 heavy (non-hydrogen) atoms. The summed E-state index contributed by atoms with van der Waals surface area (Å²) in [6.45, 7) is 1.42. The molecule has 1 atom stereocenters. The van der Waals surface area contributed by atoms with Crippen molar-refractivity contribution >= 4 is 55.1 Å². The zero-order valence-corrected chi connectivity index (χ0v) is 23.1. The van der Waals surface area contributed by atoms with Crippen LogP contribution in [0.4, 0.5) is 5.69 Å². The van der Waals surface area contributed by atoms with Gasteiger partial charge in [0.1, 0.15) is 12.6 Å². The number of hydrogen-bond acceptors (Lipinski definition) is 4. The van der Waals surface area contributed by atoms with Crippen molar-refractivity contribution in [2.45, 2.75) is 57.7 Å². The number of amides is 2. The maximum absolute atomic E-state index is 13.6. The molecule has 1 saturated carbocycles. The van der Waals surface area contributed by atoms with Crippen LogP contribution in [0.1, 0.15) is 44.6 Å². The third-order valence-electron chi connectivity index (χ3n) is 6.18. The molecule has 1 aliphatic carbocycles. The summed E-state index contributed by atoms with van der Waals surface area (Å²) in [4.78, 5) is 28.1. The van der Waals surface area contributed by atoms with Gasteiger partial charge in [0.25, 0.3) is 0 Å². The van der Waals surface area contributed by atoms with Crippen LogP contribution >= 0.6 is 27.5 Å². The Morgan fingerprint density at radius 1 is 1.06 bits per heavy atom. The van der Waals surface area contributed by atoms with Crippen LogP contribution in [-0.2, 0) is 26.2 Å². The number of carbonyl (C=O) groups is 2. The number of rotatable bonds is 9. The van der Waals surface area contributed by atoms with Gasteiger partial charge in [-0.05, 0) is 61.7 Å². The van der Waals surface area contributed by atoms with Gasteiger partial charge in [-0.3, -0.25) is 13.9 Å².